The molecule has 2 rings (SSSR count). The normalized spacial score (nSPS) is 20.1. The van der Waals surface area contributed by atoms with E-state index in [0.29, 0.717) is 18.1 Å². The van der Waals surface area contributed by atoms with Gasteiger partial charge in [0.2, 0.25) is 0 Å². The second kappa shape index (κ2) is 4.73. The average Bonchev–Trinajstić information content (AvgIpc) is 2.73. The maximum absolute atomic E-state index is 11.8. The molecule has 4 N–H and O–H groups in total. The minimum atomic E-state index is -0.163. The predicted molar refractivity (Wildman–Crippen MR) is 60.1 cm³/mol. The summed E-state index contributed by atoms with van der Waals surface area (Å²) in [6.45, 7) is 1.26. The summed E-state index contributed by atoms with van der Waals surface area (Å²) in [5, 5.41) is 4.07. The molecule has 15 heavy (non-hydrogen) atoms. The lowest BCUT2D eigenvalue weighted by Crippen LogP contribution is -2.32. The van der Waals surface area contributed by atoms with Gasteiger partial charge in [0.15, 0.2) is 5.69 Å². The largest absolute Gasteiger partial charge is 0.387 e. The molecule has 0 aromatic carbocycles. The standard InChI is InChI=1S/C7H11N5OS.ClH/c8-4-1-2-12(3-4)7(13)5-6(9)14-11-10-5;/h4H,1-3,8-9H2;1H/t4-;/m0./s1. The van der Waals surface area contributed by atoms with Crippen LogP contribution >= 0.6 is 23.9 Å². The van der Waals surface area contributed by atoms with Crippen molar-refractivity contribution in [2.24, 2.45) is 5.73 Å². The number of hydrogen-bond donors (Lipinski definition) is 2. The highest BCUT2D eigenvalue weighted by Gasteiger charge is 2.27. The van der Waals surface area contributed by atoms with E-state index in [9.17, 15) is 4.79 Å². The van der Waals surface area contributed by atoms with E-state index < -0.39 is 0 Å². The minimum Gasteiger partial charge on any atom is -0.387 e. The first-order valence-corrected chi connectivity index (χ1v) is 5.08. The quantitative estimate of drug-likeness (QED) is 0.713. The number of carbonyl (C=O) groups excluding carboxylic acids is 1. The fraction of sp³-hybridized carbons (Fsp3) is 0.571. The van der Waals surface area contributed by atoms with Crippen molar-refractivity contribution >= 4 is 34.8 Å². The molecule has 1 saturated heterocycles. The molecule has 0 unspecified atom stereocenters. The van der Waals surface area contributed by atoms with Crippen molar-refractivity contribution in [1.29, 1.82) is 0 Å². The van der Waals surface area contributed by atoms with Crippen LogP contribution in [0.3, 0.4) is 0 Å². The van der Waals surface area contributed by atoms with Gasteiger partial charge in [0.1, 0.15) is 5.00 Å². The molecule has 0 aliphatic carbocycles. The van der Waals surface area contributed by atoms with Crippen LogP contribution in [0.1, 0.15) is 16.9 Å². The van der Waals surface area contributed by atoms with Gasteiger partial charge in [-0.05, 0) is 6.42 Å². The molecule has 1 aromatic rings. The summed E-state index contributed by atoms with van der Waals surface area (Å²) in [4.78, 5) is 13.4. The summed E-state index contributed by atoms with van der Waals surface area (Å²) in [7, 11) is 0. The van der Waals surface area contributed by atoms with Crippen LogP contribution in [-0.2, 0) is 0 Å². The number of nitrogen functional groups attached to an aromatic ring is 1. The Bertz CT molecular complexity index is 357. The van der Waals surface area contributed by atoms with Crippen LogP contribution in [0.2, 0.25) is 0 Å². The van der Waals surface area contributed by atoms with Crippen molar-refractivity contribution in [3.8, 4) is 0 Å². The van der Waals surface area contributed by atoms with Crippen molar-refractivity contribution in [3.63, 3.8) is 0 Å². The van der Waals surface area contributed by atoms with Crippen LogP contribution in [-0.4, -0.2) is 39.5 Å². The van der Waals surface area contributed by atoms with E-state index in [2.05, 4.69) is 9.59 Å². The number of anilines is 1. The van der Waals surface area contributed by atoms with Gasteiger partial charge in [-0.25, -0.2) is 0 Å². The number of rotatable bonds is 1. The van der Waals surface area contributed by atoms with Crippen LogP contribution < -0.4 is 11.5 Å². The number of likely N-dealkylation sites (tertiary alicyclic amines) is 1. The number of nitrogens with two attached hydrogens (primary N) is 2. The minimum absolute atomic E-state index is 0. The second-order valence-corrected chi connectivity index (χ2v) is 4.07. The first kappa shape index (κ1) is 12.2. The lowest BCUT2D eigenvalue weighted by molar-refractivity contribution is 0.0786. The zero-order chi connectivity index (χ0) is 10.1. The number of aromatic nitrogens is 2. The van der Waals surface area contributed by atoms with Crippen LogP contribution in [0.5, 0.6) is 0 Å². The zero-order valence-electron chi connectivity index (χ0n) is 7.92. The molecule has 0 radical (unpaired) electrons. The van der Waals surface area contributed by atoms with Gasteiger partial charge in [-0.15, -0.1) is 17.5 Å². The Hall–Kier alpha value is -0.920. The molecule has 6 nitrogen and oxygen atoms in total. The van der Waals surface area contributed by atoms with E-state index in [1.54, 1.807) is 4.90 Å². The topological polar surface area (TPSA) is 98.1 Å². The van der Waals surface area contributed by atoms with Gasteiger partial charge in [0.25, 0.3) is 5.91 Å². The number of carbonyl (C=O) groups is 1. The SMILES string of the molecule is Cl.Nc1snnc1C(=O)N1CC[C@H](N)C1. The first-order chi connectivity index (χ1) is 6.68. The lowest BCUT2D eigenvalue weighted by Gasteiger charge is -2.13. The first-order valence-electron chi connectivity index (χ1n) is 4.31. The summed E-state index contributed by atoms with van der Waals surface area (Å²) in [6, 6.07) is 0.0757. The van der Waals surface area contributed by atoms with E-state index >= 15 is 0 Å². The maximum atomic E-state index is 11.8. The van der Waals surface area contributed by atoms with Crippen LogP contribution in [0.25, 0.3) is 0 Å². The second-order valence-electron chi connectivity index (χ2n) is 3.29. The highest BCUT2D eigenvalue weighted by molar-refractivity contribution is 7.10. The lowest BCUT2D eigenvalue weighted by atomic mass is 10.3. The van der Waals surface area contributed by atoms with E-state index in [0.717, 1.165) is 18.0 Å². The molecule has 0 bridgehead atoms. The summed E-state index contributed by atoms with van der Waals surface area (Å²) in [5.41, 5.74) is 11.5. The molecule has 0 saturated carbocycles. The number of hydrogen-bond acceptors (Lipinski definition) is 6. The molecule has 1 fully saturated rings. The van der Waals surface area contributed by atoms with E-state index in [-0.39, 0.29) is 30.0 Å². The Labute approximate surface area is 97.2 Å². The Balaban J connectivity index is 0.00000112. The summed E-state index contributed by atoms with van der Waals surface area (Å²) >= 11 is 1.03. The van der Waals surface area contributed by atoms with Gasteiger partial charge in [0.05, 0.1) is 0 Å². The van der Waals surface area contributed by atoms with E-state index in [4.69, 9.17) is 11.5 Å². The van der Waals surface area contributed by atoms with Crippen molar-refractivity contribution in [2.75, 3.05) is 18.8 Å². The number of amides is 1. The highest BCUT2D eigenvalue weighted by Crippen LogP contribution is 2.17. The van der Waals surface area contributed by atoms with Gasteiger partial charge < -0.3 is 16.4 Å². The molecule has 1 aliphatic rings. The van der Waals surface area contributed by atoms with Gasteiger partial charge in [-0.3, -0.25) is 4.79 Å². The fourth-order valence-corrected chi connectivity index (χ4v) is 1.89. The third-order valence-corrected chi connectivity index (χ3v) is 2.78. The number of nitrogens with zero attached hydrogens (tertiary/aromatic N) is 3. The molecule has 84 valence electrons. The third kappa shape index (κ3) is 2.36. The van der Waals surface area contributed by atoms with Gasteiger partial charge in [-0.2, -0.15) is 0 Å². The van der Waals surface area contributed by atoms with Crippen LogP contribution in [0.15, 0.2) is 0 Å². The third-order valence-electron chi connectivity index (χ3n) is 2.23. The highest BCUT2D eigenvalue weighted by atomic mass is 35.5. The van der Waals surface area contributed by atoms with Gasteiger partial charge in [-0.1, -0.05) is 4.49 Å². The van der Waals surface area contributed by atoms with Crippen LogP contribution in [0, 0.1) is 0 Å². The molecular formula is C7H12ClN5OS. The maximum Gasteiger partial charge on any atom is 0.277 e. The van der Waals surface area contributed by atoms with E-state index in [1.165, 1.54) is 0 Å². The summed E-state index contributed by atoms with van der Waals surface area (Å²) in [6.07, 6.45) is 0.837. The molecule has 0 spiro atoms. The van der Waals surface area contributed by atoms with Gasteiger partial charge >= 0.3 is 0 Å². The Morgan fingerprint density at radius 1 is 1.60 bits per heavy atom. The monoisotopic (exact) mass is 249 g/mol. The van der Waals surface area contributed by atoms with Crippen molar-refractivity contribution in [3.05, 3.63) is 5.69 Å². The Kier molecular flexibility index (Phi) is 3.83. The summed E-state index contributed by atoms with van der Waals surface area (Å²) in [5.74, 6) is -0.163. The zero-order valence-corrected chi connectivity index (χ0v) is 9.55. The van der Waals surface area contributed by atoms with Crippen molar-refractivity contribution in [1.82, 2.24) is 14.5 Å². The molecule has 1 amide bonds. The Morgan fingerprint density at radius 3 is 2.80 bits per heavy atom. The molecular weight excluding hydrogens is 238 g/mol. The summed E-state index contributed by atoms with van der Waals surface area (Å²) < 4.78 is 3.62. The van der Waals surface area contributed by atoms with Crippen molar-refractivity contribution in [2.45, 2.75) is 12.5 Å². The number of halogens is 1. The molecule has 1 atom stereocenters. The molecule has 2 heterocycles. The molecule has 8 heteroatoms. The van der Waals surface area contributed by atoms with Crippen LogP contribution in [0.4, 0.5) is 5.00 Å². The predicted octanol–water partition coefficient (Wildman–Crippen LogP) is -0.285. The van der Waals surface area contributed by atoms with E-state index in [1.807, 2.05) is 0 Å². The van der Waals surface area contributed by atoms with Crippen molar-refractivity contribution < 1.29 is 4.79 Å². The van der Waals surface area contributed by atoms with Gasteiger partial charge in [0, 0.05) is 30.7 Å². The molecule has 1 aromatic heterocycles. The molecule has 1 aliphatic heterocycles. The Morgan fingerprint density at radius 2 is 2.33 bits per heavy atom. The smallest absolute Gasteiger partial charge is 0.277 e. The fourth-order valence-electron chi connectivity index (χ4n) is 1.47. The average molecular weight is 250 g/mol.